The smallest absolute Gasteiger partial charge is 0.256 e. The lowest BCUT2D eigenvalue weighted by Crippen LogP contribution is -2.66. The van der Waals surface area contributed by atoms with Gasteiger partial charge in [0.05, 0.1) is 23.5 Å². The number of carbonyl (C=O) groups is 2. The Balaban J connectivity index is 1.08. The van der Waals surface area contributed by atoms with E-state index in [-0.39, 0.29) is 41.8 Å². The number of hydrogen-bond acceptors (Lipinski definition) is 7. The van der Waals surface area contributed by atoms with Gasteiger partial charge in [0.15, 0.2) is 5.82 Å². The minimum Gasteiger partial charge on any atom is -0.348 e. The van der Waals surface area contributed by atoms with E-state index in [1.54, 1.807) is 17.2 Å². The lowest BCUT2D eigenvalue weighted by molar-refractivity contribution is -0.140. The maximum Gasteiger partial charge on any atom is 0.256 e. The summed E-state index contributed by atoms with van der Waals surface area (Å²) < 4.78 is 30.2. The van der Waals surface area contributed by atoms with Crippen LogP contribution < -0.4 is 15.1 Å². The number of carbonyl (C=O) groups excluding carboxylic acids is 2. The van der Waals surface area contributed by atoms with Crippen molar-refractivity contribution >= 4 is 29.0 Å². The third kappa shape index (κ3) is 5.55. The zero-order chi connectivity index (χ0) is 31.4. The molecule has 11 heteroatoms. The number of nitrogens with one attached hydrogen (secondary N) is 1. The highest BCUT2D eigenvalue weighted by atomic mass is 19.1. The Labute approximate surface area is 264 Å². The Morgan fingerprint density at radius 1 is 1.09 bits per heavy atom. The second-order valence-electron chi connectivity index (χ2n) is 13.9. The SMILES string of the molecule is CCN(C(=O)c1cc(F)ccc1N1CCN(C2CCN(C(=O)[C@H]3N[C@H]4CCC3[C@@H](F)[C@H]4CC3CC3)C2)c2ncncc21)C(C)C. The molecular formula is C34H45F2N7O2. The molecule has 0 spiro atoms. The van der Waals surface area contributed by atoms with Crippen molar-refractivity contribution in [2.24, 2.45) is 17.8 Å². The number of fused-ring (bicyclic) bond motifs is 4. The van der Waals surface area contributed by atoms with Crippen molar-refractivity contribution < 1.29 is 18.4 Å². The zero-order valence-electron chi connectivity index (χ0n) is 26.5. The van der Waals surface area contributed by atoms with Crippen LogP contribution in [0, 0.1) is 23.6 Å². The topological polar surface area (TPSA) is 84.9 Å². The number of amides is 2. The van der Waals surface area contributed by atoms with E-state index >= 15 is 4.39 Å². The first-order valence-electron chi connectivity index (χ1n) is 16.9. The van der Waals surface area contributed by atoms with Gasteiger partial charge in [0.1, 0.15) is 24.0 Å². The molecule has 9 nitrogen and oxygen atoms in total. The van der Waals surface area contributed by atoms with Gasteiger partial charge in [0.2, 0.25) is 5.91 Å². The average molecular weight is 622 g/mol. The van der Waals surface area contributed by atoms with Crippen LogP contribution >= 0.6 is 0 Å². The molecule has 1 aromatic heterocycles. The van der Waals surface area contributed by atoms with Crippen LogP contribution in [-0.2, 0) is 4.79 Å². The summed E-state index contributed by atoms with van der Waals surface area (Å²) >= 11 is 0. The van der Waals surface area contributed by atoms with Crippen molar-refractivity contribution in [1.82, 2.24) is 25.1 Å². The first-order valence-corrected chi connectivity index (χ1v) is 16.9. The van der Waals surface area contributed by atoms with Gasteiger partial charge in [0.25, 0.3) is 5.91 Å². The Morgan fingerprint density at radius 2 is 1.91 bits per heavy atom. The summed E-state index contributed by atoms with van der Waals surface area (Å²) in [5.41, 5.74) is 1.68. The summed E-state index contributed by atoms with van der Waals surface area (Å²) in [5.74, 6) is 0.570. The fourth-order valence-corrected chi connectivity index (χ4v) is 8.46. The number of alkyl halides is 1. The average Bonchev–Trinajstić information content (AvgIpc) is 3.74. The number of aromatic nitrogens is 2. The molecule has 2 bridgehead atoms. The molecule has 5 heterocycles. The number of nitrogens with zero attached hydrogens (tertiary/aromatic N) is 6. The highest BCUT2D eigenvalue weighted by Gasteiger charge is 2.53. The van der Waals surface area contributed by atoms with Gasteiger partial charge in [-0.1, -0.05) is 12.8 Å². The lowest BCUT2D eigenvalue weighted by Gasteiger charge is -2.50. The van der Waals surface area contributed by atoms with Gasteiger partial charge in [-0.2, -0.15) is 0 Å². The summed E-state index contributed by atoms with van der Waals surface area (Å²) in [6, 6.07) is 4.05. The normalized spacial score (nSPS) is 29.3. The Hall–Kier alpha value is -3.34. The zero-order valence-corrected chi connectivity index (χ0v) is 26.5. The molecule has 6 aliphatic rings. The van der Waals surface area contributed by atoms with E-state index < -0.39 is 18.0 Å². The van der Waals surface area contributed by atoms with Crippen LogP contribution in [0.2, 0.25) is 0 Å². The molecule has 0 radical (unpaired) electrons. The van der Waals surface area contributed by atoms with Crippen LogP contribution in [0.1, 0.15) is 69.7 Å². The van der Waals surface area contributed by atoms with Crippen molar-refractivity contribution in [1.29, 1.82) is 0 Å². The van der Waals surface area contributed by atoms with Gasteiger partial charge in [-0.05, 0) is 70.6 Å². The number of rotatable bonds is 8. The minimum absolute atomic E-state index is 0.0290. The standard InChI is InChI=1S/C34H45F2N7O2/c1-4-41(20(2)3)33(44)26-16-22(35)7-10-28(26)43-14-13-42(32-29(43)17-37-19-38-32)23-11-12-40(18-23)34(45)31-24-8-9-27(39-31)25(30(24)36)15-21-5-6-21/h7,10,16-17,19-21,23-25,27,30-31,39H,4-6,8-9,11-15,18H2,1-3H3/t23?,24?,25-,27-,30+,31-/m0/s1. The highest BCUT2D eigenvalue weighted by Crippen LogP contribution is 2.47. The van der Waals surface area contributed by atoms with Crippen molar-refractivity contribution in [2.75, 3.05) is 42.5 Å². The minimum atomic E-state index is -0.900. The maximum atomic E-state index is 15.7. The molecule has 6 atom stereocenters. The Bertz CT molecular complexity index is 1440. The second-order valence-corrected chi connectivity index (χ2v) is 13.9. The molecule has 2 aliphatic carbocycles. The highest BCUT2D eigenvalue weighted by molar-refractivity contribution is 6.01. The van der Waals surface area contributed by atoms with Crippen LogP contribution in [0.3, 0.4) is 0 Å². The number of hydrogen-bond donors (Lipinski definition) is 1. The Morgan fingerprint density at radius 3 is 2.64 bits per heavy atom. The van der Waals surface area contributed by atoms with Gasteiger partial charge in [-0.25, -0.2) is 18.7 Å². The van der Waals surface area contributed by atoms with Crippen LogP contribution in [0.5, 0.6) is 0 Å². The third-order valence-electron chi connectivity index (χ3n) is 11.0. The van der Waals surface area contributed by atoms with Crippen LogP contribution in [0.4, 0.5) is 26.0 Å². The van der Waals surface area contributed by atoms with Crippen molar-refractivity contribution in [2.45, 2.75) is 89.6 Å². The largest absolute Gasteiger partial charge is 0.348 e. The van der Waals surface area contributed by atoms with E-state index in [0.717, 1.165) is 37.2 Å². The van der Waals surface area contributed by atoms with E-state index in [1.807, 2.05) is 30.6 Å². The summed E-state index contributed by atoms with van der Waals surface area (Å²) in [6.07, 6.45) is 8.29. The molecule has 4 aliphatic heterocycles. The van der Waals surface area contributed by atoms with Crippen LogP contribution in [-0.4, -0.2) is 94.6 Å². The number of halogens is 2. The summed E-state index contributed by atoms with van der Waals surface area (Å²) in [7, 11) is 0. The predicted octanol–water partition coefficient (Wildman–Crippen LogP) is 4.55. The molecule has 2 amide bonds. The molecule has 1 aromatic carbocycles. The van der Waals surface area contributed by atoms with Crippen LogP contribution in [0.25, 0.3) is 0 Å². The maximum absolute atomic E-state index is 15.7. The third-order valence-corrected chi connectivity index (χ3v) is 11.0. The van der Waals surface area contributed by atoms with Crippen molar-refractivity contribution in [3.05, 3.63) is 42.1 Å². The molecule has 2 saturated carbocycles. The van der Waals surface area contributed by atoms with Gasteiger partial charge < -0.3 is 24.9 Å². The molecule has 2 unspecified atom stereocenters. The molecule has 8 rings (SSSR count). The van der Waals surface area contributed by atoms with Gasteiger partial charge >= 0.3 is 0 Å². The number of benzene rings is 1. The monoisotopic (exact) mass is 621 g/mol. The van der Waals surface area contributed by atoms with Gasteiger partial charge in [-0.3, -0.25) is 9.59 Å². The number of piperidine rings is 2. The summed E-state index contributed by atoms with van der Waals surface area (Å²) in [5, 5.41) is 3.58. The van der Waals surface area contributed by atoms with E-state index in [9.17, 15) is 14.0 Å². The molecular weight excluding hydrogens is 576 g/mol. The van der Waals surface area contributed by atoms with E-state index in [0.29, 0.717) is 49.9 Å². The lowest BCUT2D eigenvalue weighted by atomic mass is 9.67. The molecule has 5 fully saturated rings. The first-order chi connectivity index (χ1) is 21.7. The van der Waals surface area contributed by atoms with Gasteiger partial charge in [0, 0.05) is 62.7 Å². The Kier molecular flexibility index (Phi) is 8.16. The first kappa shape index (κ1) is 30.3. The summed E-state index contributed by atoms with van der Waals surface area (Å²) in [6.45, 7) is 8.69. The molecule has 242 valence electrons. The van der Waals surface area contributed by atoms with Crippen molar-refractivity contribution in [3.63, 3.8) is 0 Å². The fourth-order valence-electron chi connectivity index (χ4n) is 8.46. The fraction of sp³-hybridized carbons (Fsp3) is 0.647. The van der Waals surface area contributed by atoms with E-state index in [1.165, 1.54) is 31.3 Å². The second kappa shape index (κ2) is 12.1. The molecule has 1 N–H and O–H groups in total. The molecule has 45 heavy (non-hydrogen) atoms. The molecule has 3 saturated heterocycles. The van der Waals surface area contributed by atoms with Gasteiger partial charge in [-0.15, -0.1) is 0 Å². The van der Waals surface area contributed by atoms with Crippen LogP contribution in [0.15, 0.2) is 30.7 Å². The predicted molar refractivity (Wildman–Crippen MR) is 169 cm³/mol. The quantitative estimate of drug-likeness (QED) is 0.463. The molecule has 2 aromatic rings. The van der Waals surface area contributed by atoms with E-state index in [4.69, 9.17) is 0 Å². The summed E-state index contributed by atoms with van der Waals surface area (Å²) in [4.78, 5) is 44.3. The number of likely N-dealkylation sites (tertiary alicyclic amines) is 1. The van der Waals surface area contributed by atoms with E-state index in [2.05, 4.69) is 20.2 Å². The van der Waals surface area contributed by atoms with Crippen molar-refractivity contribution in [3.8, 4) is 0 Å². The number of anilines is 3.